The minimum Gasteiger partial charge on any atom is -0.373 e. The first kappa shape index (κ1) is 37.7. The van der Waals surface area contributed by atoms with E-state index in [0.29, 0.717) is 43.5 Å². The quantitative estimate of drug-likeness (QED) is 0.187. The van der Waals surface area contributed by atoms with E-state index in [1.807, 2.05) is 6.07 Å². The highest BCUT2D eigenvalue weighted by Crippen LogP contribution is 2.44. The average molecular weight is 781 g/mol. The Morgan fingerprint density at radius 1 is 0.964 bits per heavy atom. The van der Waals surface area contributed by atoms with Crippen LogP contribution in [-0.4, -0.2) is 98.6 Å². The number of carbonyl (C=O) groups is 2. The van der Waals surface area contributed by atoms with E-state index in [1.165, 1.54) is 36.0 Å². The van der Waals surface area contributed by atoms with Gasteiger partial charge in [0.25, 0.3) is 0 Å². The second-order valence-electron chi connectivity index (χ2n) is 17.0. The summed E-state index contributed by atoms with van der Waals surface area (Å²) in [6.07, 6.45) is 7.64. The van der Waals surface area contributed by atoms with Gasteiger partial charge in [-0.05, 0) is 85.0 Å². The lowest BCUT2D eigenvalue weighted by Crippen LogP contribution is -2.72. The van der Waals surface area contributed by atoms with Gasteiger partial charge in [0.15, 0.2) is 0 Å². The predicted octanol–water partition coefficient (Wildman–Crippen LogP) is 4.49. The van der Waals surface area contributed by atoms with Crippen LogP contribution in [0, 0.1) is 19.8 Å². The molecule has 12 heteroatoms. The van der Waals surface area contributed by atoms with Crippen molar-refractivity contribution in [2.45, 2.75) is 101 Å². The van der Waals surface area contributed by atoms with Gasteiger partial charge in [0.05, 0.1) is 31.1 Å². The molecule has 6 aliphatic rings. The summed E-state index contributed by atoms with van der Waals surface area (Å²) < 4.78 is 6.54. The molecule has 6 N–H and O–H groups in total. The first-order valence-corrected chi connectivity index (χ1v) is 21.3. The molecule has 5 heterocycles. The zero-order valence-electron chi connectivity index (χ0n) is 32.8. The Balaban J connectivity index is 0.865. The van der Waals surface area contributed by atoms with Crippen LogP contribution in [0.25, 0.3) is 0 Å². The number of nitrogens with one attached hydrogen (secondary N) is 6. The monoisotopic (exact) mass is 780 g/mol. The van der Waals surface area contributed by atoms with Crippen LogP contribution < -0.4 is 36.8 Å². The molecule has 298 valence electrons. The summed E-state index contributed by atoms with van der Waals surface area (Å²) in [5.74, 6) is 0.430. The Kier molecular flexibility index (Phi) is 10.6. The number of para-hydroxylation sites is 2. The van der Waals surface area contributed by atoms with Gasteiger partial charge in [-0.25, -0.2) is 0 Å². The van der Waals surface area contributed by atoms with Gasteiger partial charge >= 0.3 is 0 Å². The van der Waals surface area contributed by atoms with E-state index in [-0.39, 0.29) is 42.3 Å². The molecule has 1 aliphatic carbocycles. The summed E-state index contributed by atoms with van der Waals surface area (Å²) in [4.78, 5) is 32.8. The number of ether oxygens (including phenoxy) is 1. The minimum atomic E-state index is -0.617. The van der Waals surface area contributed by atoms with Gasteiger partial charge in [-0.3, -0.25) is 25.1 Å². The summed E-state index contributed by atoms with van der Waals surface area (Å²) in [7, 11) is 0. The molecule has 11 nitrogen and oxygen atoms in total. The molecule has 6 unspecified atom stereocenters. The number of amides is 2. The van der Waals surface area contributed by atoms with E-state index in [2.05, 4.69) is 104 Å². The van der Waals surface area contributed by atoms with Crippen molar-refractivity contribution in [2.24, 2.45) is 5.92 Å². The fraction of sp³-hybridized carbons (Fsp3) is 0.545. The van der Waals surface area contributed by atoms with E-state index in [9.17, 15) is 9.59 Å². The van der Waals surface area contributed by atoms with Gasteiger partial charge in [0.2, 0.25) is 11.8 Å². The maximum Gasteiger partial charge on any atom is 0.246 e. The smallest absolute Gasteiger partial charge is 0.246 e. The third-order valence-electron chi connectivity index (χ3n) is 13.5. The van der Waals surface area contributed by atoms with Gasteiger partial charge in [-0.1, -0.05) is 67.3 Å². The molecule has 5 aliphatic heterocycles. The van der Waals surface area contributed by atoms with E-state index >= 15 is 0 Å². The van der Waals surface area contributed by atoms with Gasteiger partial charge < -0.3 is 30.9 Å². The van der Waals surface area contributed by atoms with Crippen LogP contribution in [0.3, 0.4) is 0 Å². The van der Waals surface area contributed by atoms with Crippen molar-refractivity contribution >= 4 is 40.5 Å². The molecule has 3 saturated heterocycles. The summed E-state index contributed by atoms with van der Waals surface area (Å²) in [6, 6.07) is 18.5. The van der Waals surface area contributed by atoms with E-state index in [0.717, 1.165) is 73.6 Å². The predicted molar refractivity (Wildman–Crippen MR) is 222 cm³/mol. The lowest BCUT2D eigenvalue weighted by atomic mass is 9.72. The average Bonchev–Trinajstić information content (AvgIpc) is 3.97. The molecule has 9 rings (SSSR count). The SMILES string of the molecule is Cc1cccc2c1NC(C(=O)NC1CN3CCNC3C(C3CN(c4ccc(Cl)cc4CCNC(=O)C4(C5CCCCC5)Cc5cccc(C)c5N4)CCO3)N1)C2. The Morgan fingerprint density at radius 3 is 2.57 bits per heavy atom. The van der Waals surface area contributed by atoms with E-state index in [4.69, 9.17) is 16.3 Å². The Hall–Kier alpha value is -3.87. The van der Waals surface area contributed by atoms with Crippen molar-refractivity contribution in [3.05, 3.63) is 87.4 Å². The van der Waals surface area contributed by atoms with E-state index in [1.54, 1.807) is 0 Å². The zero-order chi connectivity index (χ0) is 38.4. The molecule has 6 atom stereocenters. The number of rotatable bonds is 9. The van der Waals surface area contributed by atoms with Crippen molar-refractivity contribution < 1.29 is 14.3 Å². The van der Waals surface area contributed by atoms with Gasteiger partial charge in [0, 0.05) is 74.2 Å². The lowest BCUT2D eigenvalue weighted by Gasteiger charge is -2.47. The number of morpholine rings is 1. The number of piperazine rings is 1. The van der Waals surface area contributed by atoms with Gasteiger partial charge in [0.1, 0.15) is 11.6 Å². The second-order valence-corrected chi connectivity index (χ2v) is 17.4. The van der Waals surface area contributed by atoms with Crippen LogP contribution in [0.1, 0.15) is 59.9 Å². The molecule has 3 aromatic rings. The highest BCUT2D eigenvalue weighted by Gasteiger charge is 2.50. The molecular weight excluding hydrogens is 724 g/mol. The van der Waals surface area contributed by atoms with Crippen LogP contribution in [0.5, 0.6) is 0 Å². The van der Waals surface area contributed by atoms with Crippen LogP contribution in [0.4, 0.5) is 17.1 Å². The number of halogens is 1. The van der Waals surface area contributed by atoms with E-state index < -0.39 is 5.54 Å². The Morgan fingerprint density at radius 2 is 1.77 bits per heavy atom. The third kappa shape index (κ3) is 7.26. The molecule has 1 saturated carbocycles. The summed E-state index contributed by atoms with van der Waals surface area (Å²) in [6.45, 7) is 9.33. The Bertz CT molecular complexity index is 1950. The third-order valence-corrected chi connectivity index (χ3v) is 13.7. The van der Waals surface area contributed by atoms with Crippen molar-refractivity contribution in [3.63, 3.8) is 0 Å². The van der Waals surface area contributed by atoms with Crippen molar-refractivity contribution in [1.82, 2.24) is 26.2 Å². The highest BCUT2D eigenvalue weighted by molar-refractivity contribution is 6.30. The second kappa shape index (κ2) is 15.8. The summed E-state index contributed by atoms with van der Waals surface area (Å²) >= 11 is 6.64. The first-order chi connectivity index (χ1) is 27.3. The Labute approximate surface area is 336 Å². The molecule has 0 spiro atoms. The fourth-order valence-electron chi connectivity index (χ4n) is 10.6. The number of aryl methyl sites for hydroxylation is 2. The minimum absolute atomic E-state index is 0.0135. The largest absolute Gasteiger partial charge is 0.373 e. The normalized spacial score (nSPS) is 28.8. The number of hydrogen-bond donors (Lipinski definition) is 6. The van der Waals surface area contributed by atoms with Gasteiger partial charge in [-0.15, -0.1) is 0 Å². The summed E-state index contributed by atoms with van der Waals surface area (Å²) in [5, 5.41) is 22.2. The van der Waals surface area contributed by atoms with Crippen molar-refractivity contribution in [3.8, 4) is 0 Å². The topological polar surface area (TPSA) is 122 Å². The molecular formula is C44H57ClN8O3. The number of anilines is 3. The van der Waals surface area contributed by atoms with Crippen molar-refractivity contribution in [1.29, 1.82) is 0 Å². The fourth-order valence-corrected chi connectivity index (χ4v) is 10.8. The highest BCUT2D eigenvalue weighted by atomic mass is 35.5. The molecule has 2 amide bonds. The van der Waals surface area contributed by atoms with Crippen molar-refractivity contribution in [2.75, 3.05) is 61.4 Å². The molecule has 4 fully saturated rings. The van der Waals surface area contributed by atoms with Gasteiger partial charge in [-0.2, -0.15) is 0 Å². The standard InChI is InChI=1S/C44H57ClN8O3/c1-27-8-6-10-30-23-34(48-38(27)30)42(54)50-37-26-53-19-18-46-41(53)40(49-37)36-25-52(20-21-56-36)35-15-14-33(45)22-29(35)16-17-47-43(55)44(32-12-4-3-5-13-32)24-31-11-7-9-28(2)39(31)51-44/h6-11,14-15,22,32,34,36-37,40-41,46,48-49,51H,3-5,12-13,16-21,23-26H2,1-2H3,(H,47,55)(H,50,54). The summed E-state index contributed by atoms with van der Waals surface area (Å²) in [5.41, 5.74) is 8.64. The number of benzene rings is 3. The number of nitrogens with zero attached hydrogens (tertiary/aromatic N) is 2. The molecule has 0 aromatic heterocycles. The van der Waals surface area contributed by atoms with Crippen LogP contribution in [0.2, 0.25) is 5.02 Å². The van der Waals surface area contributed by atoms with Crippen LogP contribution in [0.15, 0.2) is 54.6 Å². The van der Waals surface area contributed by atoms with Crippen LogP contribution in [-0.2, 0) is 33.6 Å². The zero-order valence-corrected chi connectivity index (χ0v) is 33.5. The number of carbonyl (C=O) groups excluding carboxylic acids is 2. The first-order valence-electron chi connectivity index (χ1n) is 20.9. The molecule has 56 heavy (non-hydrogen) atoms. The lowest BCUT2D eigenvalue weighted by molar-refractivity contribution is -0.127. The molecule has 0 bridgehead atoms. The number of hydrogen-bond acceptors (Lipinski definition) is 9. The van der Waals surface area contributed by atoms with Crippen LogP contribution >= 0.6 is 11.6 Å². The molecule has 3 aromatic carbocycles. The maximum absolute atomic E-state index is 14.4. The number of fused-ring (bicyclic) bond motifs is 3. The maximum atomic E-state index is 14.4. The molecule has 0 radical (unpaired) electrons.